The van der Waals surface area contributed by atoms with Crippen molar-refractivity contribution in [3.63, 3.8) is 0 Å². The van der Waals surface area contributed by atoms with Crippen LogP contribution in [-0.2, 0) is 11.2 Å². The molecule has 1 aliphatic heterocycles. The number of hydrogen-bond donors (Lipinski definition) is 2. The lowest BCUT2D eigenvalue weighted by Gasteiger charge is -2.15. The van der Waals surface area contributed by atoms with Crippen molar-refractivity contribution in [1.29, 1.82) is 0 Å². The van der Waals surface area contributed by atoms with Crippen molar-refractivity contribution in [3.8, 4) is 0 Å². The maximum Gasteiger partial charge on any atom is 0.286 e. The fraction of sp³-hybridized carbons (Fsp3) is 0.286. The largest absolute Gasteiger partial charge is 0.350 e. The van der Waals surface area contributed by atoms with Gasteiger partial charge in [-0.15, -0.1) is 0 Å². The Labute approximate surface area is 167 Å². The molecule has 1 saturated heterocycles. The molecule has 1 fully saturated rings. The Balaban J connectivity index is 1.81. The lowest BCUT2D eigenvalue weighted by molar-refractivity contribution is -0.118. The Morgan fingerprint density at radius 3 is 2.64 bits per heavy atom. The molecule has 1 heterocycles. The highest BCUT2D eigenvalue weighted by molar-refractivity contribution is 8.15. The summed E-state index contributed by atoms with van der Waals surface area (Å²) >= 11 is 0.870. The second kappa shape index (κ2) is 8.56. The number of amides is 3. The quantitative estimate of drug-likeness (QED) is 0.777. The molecule has 0 saturated carbocycles. The Bertz CT molecular complexity index is 930. The Kier molecular flexibility index (Phi) is 6.14. The third kappa shape index (κ3) is 4.78. The van der Waals surface area contributed by atoms with Crippen LogP contribution in [0, 0.1) is 5.82 Å². The first-order valence-corrected chi connectivity index (χ1v) is 9.88. The zero-order valence-electron chi connectivity index (χ0n) is 15.6. The number of thioether (sulfide) groups is 1. The summed E-state index contributed by atoms with van der Waals surface area (Å²) in [5, 5.41) is 3.90. The maximum absolute atomic E-state index is 13.6. The smallest absolute Gasteiger partial charge is 0.286 e. The number of imide groups is 1. The van der Waals surface area contributed by atoms with Gasteiger partial charge in [0.25, 0.3) is 11.1 Å². The summed E-state index contributed by atoms with van der Waals surface area (Å²) in [4.78, 5) is 35.6. The Morgan fingerprint density at radius 1 is 1.21 bits per heavy atom. The van der Waals surface area contributed by atoms with Crippen LogP contribution in [0.25, 0.3) is 0 Å². The van der Waals surface area contributed by atoms with Gasteiger partial charge in [-0.05, 0) is 59.0 Å². The van der Waals surface area contributed by atoms with E-state index in [1.165, 1.54) is 12.1 Å². The van der Waals surface area contributed by atoms with Crippen molar-refractivity contribution in [2.75, 3.05) is 6.54 Å². The number of nitrogens with one attached hydrogen (secondary N) is 2. The fourth-order valence-electron chi connectivity index (χ4n) is 3.02. The molecule has 0 aromatic heterocycles. The first-order valence-electron chi connectivity index (χ1n) is 9.00. The van der Waals surface area contributed by atoms with E-state index < -0.39 is 16.4 Å². The van der Waals surface area contributed by atoms with Crippen LogP contribution in [0.15, 0.2) is 42.5 Å². The van der Waals surface area contributed by atoms with Gasteiger partial charge >= 0.3 is 0 Å². The molecule has 1 unspecified atom stereocenters. The van der Waals surface area contributed by atoms with Gasteiger partial charge in [-0.25, -0.2) is 4.39 Å². The number of halogens is 1. The third-order valence-electron chi connectivity index (χ3n) is 4.54. The van der Waals surface area contributed by atoms with Crippen molar-refractivity contribution >= 4 is 28.8 Å². The maximum atomic E-state index is 13.6. The van der Waals surface area contributed by atoms with Gasteiger partial charge in [-0.2, -0.15) is 0 Å². The molecule has 2 N–H and O–H groups in total. The predicted octanol–water partition coefficient (Wildman–Crippen LogP) is 3.62. The highest BCUT2D eigenvalue weighted by Crippen LogP contribution is 2.23. The van der Waals surface area contributed by atoms with E-state index in [9.17, 15) is 18.8 Å². The summed E-state index contributed by atoms with van der Waals surface area (Å²) in [6.07, 6.45) is 0.415. The van der Waals surface area contributed by atoms with Crippen molar-refractivity contribution in [2.45, 2.75) is 31.4 Å². The normalized spacial score (nSPS) is 16.4. The van der Waals surface area contributed by atoms with E-state index >= 15 is 0 Å². The molecular formula is C21H21FN2O3S. The first-order chi connectivity index (χ1) is 13.3. The molecule has 1 atom stereocenters. The van der Waals surface area contributed by atoms with Gasteiger partial charge in [0.1, 0.15) is 11.1 Å². The van der Waals surface area contributed by atoms with Crippen LogP contribution >= 0.6 is 11.8 Å². The van der Waals surface area contributed by atoms with Crippen LogP contribution in [0.1, 0.15) is 46.8 Å². The molecule has 3 rings (SSSR count). The van der Waals surface area contributed by atoms with Crippen LogP contribution in [0.4, 0.5) is 9.18 Å². The van der Waals surface area contributed by atoms with E-state index in [4.69, 9.17) is 0 Å². The summed E-state index contributed by atoms with van der Waals surface area (Å²) in [7, 11) is 0. The second-order valence-electron chi connectivity index (χ2n) is 6.97. The average molecular weight is 400 g/mol. The second-order valence-corrected chi connectivity index (χ2v) is 8.15. The number of hydrogen-bond acceptors (Lipinski definition) is 4. The molecule has 2 aromatic rings. The molecule has 0 radical (unpaired) electrons. The molecule has 146 valence electrons. The summed E-state index contributed by atoms with van der Waals surface area (Å²) in [6.45, 7) is 4.19. The van der Waals surface area contributed by atoms with Crippen molar-refractivity contribution < 1.29 is 18.8 Å². The molecular weight excluding hydrogens is 379 g/mol. The van der Waals surface area contributed by atoms with E-state index in [1.807, 2.05) is 18.2 Å². The average Bonchev–Trinajstić information content (AvgIpc) is 2.97. The minimum absolute atomic E-state index is 0.0619. The molecule has 28 heavy (non-hydrogen) atoms. The van der Waals surface area contributed by atoms with Crippen molar-refractivity contribution in [1.82, 2.24) is 10.6 Å². The third-order valence-corrected chi connectivity index (χ3v) is 5.52. The SMILES string of the molecule is CC(C)c1ccc(C(=O)NCC2SC(=O)NC2=O)c(Cc2cccc(F)c2)c1. The van der Waals surface area contributed by atoms with Crippen LogP contribution in [0.2, 0.25) is 0 Å². The van der Waals surface area contributed by atoms with Gasteiger partial charge < -0.3 is 5.32 Å². The van der Waals surface area contributed by atoms with Gasteiger partial charge in [0.05, 0.1) is 0 Å². The summed E-state index contributed by atoms with van der Waals surface area (Å²) < 4.78 is 13.6. The van der Waals surface area contributed by atoms with Gasteiger partial charge in [-0.1, -0.05) is 38.1 Å². The van der Waals surface area contributed by atoms with E-state index in [0.717, 1.165) is 28.5 Å². The van der Waals surface area contributed by atoms with E-state index in [2.05, 4.69) is 24.5 Å². The summed E-state index contributed by atoms with van der Waals surface area (Å²) in [5.41, 5.74) is 3.11. The minimum Gasteiger partial charge on any atom is -0.350 e. The summed E-state index contributed by atoms with van der Waals surface area (Å²) in [6, 6.07) is 11.9. The van der Waals surface area contributed by atoms with E-state index in [-0.39, 0.29) is 24.2 Å². The lowest BCUT2D eigenvalue weighted by Crippen LogP contribution is -2.36. The zero-order valence-corrected chi connectivity index (χ0v) is 16.4. The monoisotopic (exact) mass is 400 g/mol. The van der Waals surface area contributed by atoms with Gasteiger partial charge in [0.2, 0.25) is 5.91 Å². The minimum atomic E-state index is -0.627. The van der Waals surface area contributed by atoms with E-state index in [1.54, 1.807) is 12.1 Å². The van der Waals surface area contributed by atoms with Gasteiger partial charge in [0, 0.05) is 12.1 Å². The molecule has 2 aromatic carbocycles. The molecule has 3 amide bonds. The Hall–Kier alpha value is -2.67. The number of rotatable bonds is 6. The standard InChI is InChI=1S/C21H21FN2O3S/c1-12(2)14-6-7-17(15(10-14)8-13-4-3-5-16(22)9-13)19(25)23-11-18-20(26)24-21(27)28-18/h3-7,9-10,12,18H,8,11H2,1-2H3,(H,23,25)(H,24,26,27). The van der Waals surface area contributed by atoms with Crippen molar-refractivity contribution in [2.24, 2.45) is 0 Å². The topological polar surface area (TPSA) is 75.3 Å². The molecule has 7 heteroatoms. The highest BCUT2D eigenvalue weighted by atomic mass is 32.2. The van der Waals surface area contributed by atoms with Crippen LogP contribution < -0.4 is 10.6 Å². The number of carbonyl (C=O) groups is 3. The number of carbonyl (C=O) groups excluding carboxylic acids is 3. The molecule has 5 nitrogen and oxygen atoms in total. The van der Waals surface area contributed by atoms with Crippen molar-refractivity contribution in [3.05, 3.63) is 70.5 Å². The molecule has 0 aliphatic carbocycles. The fourth-order valence-corrected chi connectivity index (χ4v) is 3.77. The van der Waals surface area contributed by atoms with Crippen LogP contribution in [-0.4, -0.2) is 28.8 Å². The molecule has 0 spiro atoms. The zero-order chi connectivity index (χ0) is 20.3. The molecule has 0 bridgehead atoms. The first kappa shape index (κ1) is 20.1. The summed E-state index contributed by atoms with van der Waals surface area (Å²) in [5.74, 6) is -0.759. The Morgan fingerprint density at radius 2 is 2.00 bits per heavy atom. The van der Waals surface area contributed by atoms with Gasteiger partial charge in [-0.3, -0.25) is 19.7 Å². The van der Waals surface area contributed by atoms with Crippen LogP contribution in [0.3, 0.4) is 0 Å². The highest BCUT2D eigenvalue weighted by Gasteiger charge is 2.31. The molecule has 1 aliphatic rings. The van der Waals surface area contributed by atoms with Crippen LogP contribution in [0.5, 0.6) is 0 Å². The van der Waals surface area contributed by atoms with E-state index in [0.29, 0.717) is 12.0 Å². The number of benzene rings is 2. The lowest BCUT2D eigenvalue weighted by atomic mass is 9.93. The van der Waals surface area contributed by atoms with Gasteiger partial charge in [0.15, 0.2) is 0 Å². The predicted molar refractivity (Wildman–Crippen MR) is 107 cm³/mol.